The molecular formula is C11H10N2O. The van der Waals surface area contributed by atoms with Gasteiger partial charge in [0.2, 0.25) is 0 Å². The van der Waals surface area contributed by atoms with Gasteiger partial charge in [0, 0.05) is 24.2 Å². The van der Waals surface area contributed by atoms with Crippen LogP contribution in [0.2, 0.25) is 0 Å². The molecule has 0 radical (unpaired) electrons. The van der Waals surface area contributed by atoms with Gasteiger partial charge in [-0.2, -0.15) is 0 Å². The van der Waals surface area contributed by atoms with Gasteiger partial charge in [-0.05, 0) is 17.7 Å². The van der Waals surface area contributed by atoms with Gasteiger partial charge >= 0.3 is 0 Å². The number of furan rings is 1. The zero-order valence-corrected chi connectivity index (χ0v) is 7.63. The van der Waals surface area contributed by atoms with E-state index in [4.69, 9.17) is 4.42 Å². The summed E-state index contributed by atoms with van der Waals surface area (Å²) in [6.45, 7) is 0.652. The van der Waals surface area contributed by atoms with Crippen LogP contribution in [0.15, 0.2) is 52.5 Å². The van der Waals surface area contributed by atoms with E-state index in [1.165, 1.54) is 0 Å². The molecule has 0 saturated heterocycles. The van der Waals surface area contributed by atoms with Crippen LogP contribution in [0.4, 0.5) is 0 Å². The third kappa shape index (κ3) is 2.29. The average molecular weight is 186 g/mol. The summed E-state index contributed by atoms with van der Waals surface area (Å²) < 4.78 is 4.91. The van der Waals surface area contributed by atoms with Gasteiger partial charge in [-0.15, -0.1) is 0 Å². The predicted octanol–water partition coefficient (Wildman–Crippen LogP) is 2.29. The highest BCUT2D eigenvalue weighted by Crippen LogP contribution is 1.99. The van der Waals surface area contributed by atoms with E-state index < -0.39 is 0 Å². The Morgan fingerprint density at radius 1 is 1.43 bits per heavy atom. The maximum absolute atomic E-state index is 4.91. The molecule has 0 N–H and O–H groups in total. The van der Waals surface area contributed by atoms with E-state index >= 15 is 0 Å². The minimum Gasteiger partial charge on any atom is -0.472 e. The van der Waals surface area contributed by atoms with E-state index in [2.05, 4.69) is 9.98 Å². The molecule has 0 atom stereocenters. The molecule has 2 aromatic rings. The topological polar surface area (TPSA) is 38.4 Å². The maximum Gasteiger partial charge on any atom is 0.0990 e. The predicted molar refractivity (Wildman–Crippen MR) is 54.2 cm³/mol. The van der Waals surface area contributed by atoms with Gasteiger partial charge < -0.3 is 4.42 Å². The second-order valence-electron chi connectivity index (χ2n) is 2.89. The molecule has 3 nitrogen and oxygen atoms in total. The lowest BCUT2D eigenvalue weighted by molar-refractivity contribution is 0.567. The second kappa shape index (κ2) is 4.37. The monoisotopic (exact) mass is 186 g/mol. The van der Waals surface area contributed by atoms with E-state index in [0.29, 0.717) is 6.54 Å². The van der Waals surface area contributed by atoms with Gasteiger partial charge in [-0.3, -0.25) is 9.98 Å². The highest BCUT2D eigenvalue weighted by molar-refractivity contribution is 5.78. The Kier molecular flexibility index (Phi) is 2.71. The normalized spacial score (nSPS) is 10.9. The van der Waals surface area contributed by atoms with Crippen LogP contribution in [0.5, 0.6) is 0 Å². The first kappa shape index (κ1) is 8.69. The number of aliphatic imine (C=N–C) groups is 1. The average Bonchev–Trinajstić information content (AvgIpc) is 2.72. The van der Waals surface area contributed by atoms with Gasteiger partial charge in [0.25, 0.3) is 0 Å². The van der Waals surface area contributed by atoms with E-state index in [9.17, 15) is 0 Å². The van der Waals surface area contributed by atoms with Crippen molar-refractivity contribution in [1.29, 1.82) is 0 Å². The highest BCUT2D eigenvalue weighted by Gasteiger charge is 1.89. The van der Waals surface area contributed by atoms with Crippen LogP contribution < -0.4 is 0 Å². The summed E-state index contributed by atoms with van der Waals surface area (Å²) in [5.74, 6) is 0. The Morgan fingerprint density at radius 2 is 2.43 bits per heavy atom. The fourth-order valence-corrected chi connectivity index (χ4v) is 1.10. The molecular weight excluding hydrogens is 176 g/mol. The smallest absolute Gasteiger partial charge is 0.0990 e. The summed E-state index contributed by atoms with van der Waals surface area (Å²) in [7, 11) is 0. The minimum absolute atomic E-state index is 0.652. The summed E-state index contributed by atoms with van der Waals surface area (Å²) >= 11 is 0. The Balaban J connectivity index is 1.95. The number of hydrogen-bond acceptors (Lipinski definition) is 3. The zero-order chi connectivity index (χ0) is 9.64. The molecule has 0 bridgehead atoms. The van der Waals surface area contributed by atoms with Gasteiger partial charge in [0.1, 0.15) is 0 Å². The Hall–Kier alpha value is -1.90. The Morgan fingerprint density at radius 3 is 3.14 bits per heavy atom. The lowest BCUT2D eigenvalue weighted by Crippen LogP contribution is -1.83. The molecule has 0 amide bonds. The van der Waals surface area contributed by atoms with Crippen molar-refractivity contribution in [2.24, 2.45) is 4.99 Å². The quantitative estimate of drug-likeness (QED) is 0.690. The SMILES string of the molecule is C(=NCc1cccnc1)c1ccoc1. The van der Waals surface area contributed by atoms with Crippen molar-refractivity contribution < 1.29 is 4.42 Å². The molecule has 0 aliphatic carbocycles. The van der Waals surface area contributed by atoms with Gasteiger partial charge in [-0.1, -0.05) is 6.07 Å². The Bertz CT molecular complexity index is 392. The van der Waals surface area contributed by atoms with Crippen LogP contribution in [-0.4, -0.2) is 11.2 Å². The molecule has 3 heteroatoms. The molecule has 2 rings (SSSR count). The largest absolute Gasteiger partial charge is 0.472 e. The van der Waals surface area contributed by atoms with Gasteiger partial charge in [0.05, 0.1) is 19.1 Å². The number of nitrogens with zero attached hydrogens (tertiary/aromatic N) is 2. The number of pyridine rings is 1. The van der Waals surface area contributed by atoms with Crippen molar-refractivity contribution in [2.45, 2.75) is 6.54 Å². The summed E-state index contributed by atoms with van der Waals surface area (Å²) in [5, 5.41) is 0. The fourth-order valence-electron chi connectivity index (χ4n) is 1.10. The van der Waals surface area contributed by atoms with Crippen LogP contribution in [-0.2, 0) is 6.54 Å². The molecule has 14 heavy (non-hydrogen) atoms. The second-order valence-corrected chi connectivity index (χ2v) is 2.89. The zero-order valence-electron chi connectivity index (χ0n) is 7.63. The summed E-state index contributed by atoms with van der Waals surface area (Å²) in [6, 6.07) is 5.77. The van der Waals surface area contributed by atoms with E-state index in [0.717, 1.165) is 11.1 Å². The number of rotatable bonds is 3. The lowest BCUT2D eigenvalue weighted by Gasteiger charge is -1.92. The van der Waals surface area contributed by atoms with E-state index in [-0.39, 0.29) is 0 Å². The van der Waals surface area contributed by atoms with Crippen molar-refractivity contribution in [2.75, 3.05) is 0 Å². The molecule has 0 fully saturated rings. The molecule has 70 valence electrons. The summed E-state index contributed by atoms with van der Waals surface area (Å²) in [6.07, 6.45) is 8.64. The highest BCUT2D eigenvalue weighted by atomic mass is 16.3. The summed E-state index contributed by atoms with van der Waals surface area (Å²) in [4.78, 5) is 8.27. The first-order chi connectivity index (χ1) is 6.95. The van der Waals surface area contributed by atoms with Crippen molar-refractivity contribution in [3.05, 3.63) is 54.2 Å². The van der Waals surface area contributed by atoms with Crippen LogP contribution in [0.3, 0.4) is 0 Å². The standard InChI is InChI=1S/C11H10N2O/c1-2-10(6-12-4-1)7-13-8-11-3-5-14-9-11/h1-6,8-9H,7H2. The van der Waals surface area contributed by atoms with Crippen molar-refractivity contribution in [3.8, 4) is 0 Å². The third-order valence-corrected chi connectivity index (χ3v) is 1.78. The maximum atomic E-state index is 4.91. The van der Waals surface area contributed by atoms with Crippen molar-refractivity contribution >= 4 is 6.21 Å². The first-order valence-corrected chi connectivity index (χ1v) is 4.36. The summed E-state index contributed by atoms with van der Waals surface area (Å²) in [5.41, 5.74) is 2.08. The lowest BCUT2D eigenvalue weighted by atomic mass is 10.3. The van der Waals surface area contributed by atoms with Crippen molar-refractivity contribution in [3.63, 3.8) is 0 Å². The number of hydrogen-bond donors (Lipinski definition) is 0. The molecule has 2 heterocycles. The molecule has 0 unspecified atom stereocenters. The molecule has 0 aliphatic rings. The van der Waals surface area contributed by atoms with Crippen LogP contribution in [0.1, 0.15) is 11.1 Å². The first-order valence-electron chi connectivity index (χ1n) is 4.36. The van der Waals surface area contributed by atoms with E-state index in [1.54, 1.807) is 24.9 Å². The van der Waals surface area contributed by atoms with Crippen molar-refractivity contribution in [1.82, 2.24) is 4.98 Å². The van der Waals surface area contributed by atoms with Crippen LogP contribution in [0, 0.1) is 0 Å². The van der Waals surface area contributed by atoms with Crippen LogP contribution in [0.25, 0.3) is 0 Å². The molecule has 2 aromatic heterocycles. The molecule has 0 saturated carbocycles. The minimum atomic E-state index is 0.652. The Labute approximate surface area is 82.1 Å². The fraction of sp³-hybridized carbons (Fsp3) is 0.0909. The number of aromatic nitrogens is 1. The molecule has 0 aromatic carbocycles. The van der Waals surface area contributed by atoms with E-state index in [1.807, 2.05) is 24.4 Å². The van der Waals surface area contributed by atoms with Crippen LogP contribution >= 0.6 is 0 Å². The molecule has 0 aliphatic heterocycles. The third-order valence-electron chi connectivity index (χ3n) is 1.78. The van der Waals surface area contributed by atoms with Gasteiger partial charge in [0.15, 0.2) is 0 Å². The van der Waals surface area contributed by atoms with Gasteiger partial charge in [-0.25, -0.2) is 0 Å². The molecule has 0 spiro atoms.